The fraction of sp³-hybridized carbons (Fsp3) is 0.346. The van der Waals surface area contributed by atoms with Crippen molar-refractivity contribution in [2.45, 2.75) is 32.1 Å². The molecule has 6 heteroatoms. The van der Waals surface area contributed by atoms with Crippen molar-refractivity contribution in [3.63, 3.8) is 0 Å². The van der Waals surface area contributed by atoms with E-state index in [0.717, 1.165) is 16.7 Å². The minimum Gasteiger partial charge on any atom is -0.468 e. The molecule has 0 spiro atoms. The first-order valence-electron chi connectivity index (χ1n) is 10.5. The number of methoxy groups -OCH3 is 2. The summed E-state index contributed by atoms with van der Waals surface area (Å²) in [6, 6.07) is 14.7. The van der Waals surface area contributed by atoms with E-state index in [1.54, 1.807) is 24.3 Å². The Kier molecular flexibility index (Phi) is 5.49. The molecule has 4 rings (SSSR count). The zero-order chi connectivity index (χ0) is 23.3. The summed E-state index contributed by atoms with van der Waals surface area (Å²) in [5.41, 5.74) is 1.65. The molecule has 2 aliphatic rings. The number of allylic oxidation sites excluding steroid dienone is 2. The van der Waals surface area contributed by atoms with Gasteiger partial charge in [0, 0.05) is 17.6 Å². The van der Waals surface area contributed by atoms with E-state index in [2.05, 4.69) is 13.8 Å². The fourth-order valence-electron chi connectivity index (χ4n) is 5.36. The highest BCUT2D eigenvalue weighted by Crippen LogP contribution is 2.60. The number of carbonyl (C=O) groups is 3. The van der Waals surface area contributed by atoms with Crippen LogP contribution in [0.4, 0.5) is 0 Å². The van der Waals surface area contributed by atoms with Gasteiger partial charge in [-0.15, -0.1) is 0 Å². The van der Waals surface area contributed by atoms with E-state index in [-0.39, 0.29) is 24.5 Å². The Balaban J connectivity index is 2.02. The molecule has 32 heavy (non-hydrogen) atoms. The molecule has 2 aromatic carbocycles. The number of Topliss-reactive ketones (excluding diaryl/α,β-unsaturated/α-hetero) is 1. The lowest BCUT2D eigenvalue weighted by molar-refractivity contribution is -0.170. The second-order valence-electron chi connectivity index (χ2n) is 8.97. The molecule has 0 amide bonds. The van der Waals surface area contributed by atoms with E-state index < -0.39 is 22.8 Å². The Labute approximate surface area is 192 Å². The third-order valence-electron chi connectivity index (χ3n) is 7.03. The maximum Gasteiger partial charge on any atom is 0.323 e. The molecule has 0 aromatic heterocycles. The number of ether oxygens (including phenoxy) is 2. The van der Waals surface area contributed by atoms with Crippen LogP contribution in [0.25, 0.3) is 5.57 Å². The van der Waals surface area contributed by atoms with E-state index in [9.17, 15) is 14.4 Å². The summed E-state index contributed by atoms with van der Waals surface area (Å²) >= 11 is 6.36. The Hall–Kier alpha value is -2.92. The Morgan fingerprint density at radius 1 is 0.938 bits per heavy atom. The smallest absolute Gasteiger partial charge is 0.323 e. The molecular formula is C26H25ClO5. The molecule has 0 saturated carbocycles. The number of hydrogen-bond donors (Lipinski definition) is 0. The van der Waals surface area contributed by atoms with Gasteiger partial charge in [0.1, 0.15) is 0 Å². The number of hydrogen-bond acceptors (Lipinski definition) is 5. The molecule has 2 aliphatic carbocycles. The van der Waals surface area contributed by atoms with Crippen molar-refractivity contribution in [1.29, 1.82) is 0 Å². The molecule has 1 unspecified atom stereocenters. The fourth-order valence-corrected chi connectivity index (χ4v) is 5.58. The van der Waals surface area contributed by atoms with Crippen LogP contribution in [0.15, 0.2) is 54.1 Å². The molecule has 0 N–H and O–H groups in total. The standard InChI is InChI=1S/C26H25ClO5/c1-25(2)18-11-7-5-9-15(18)21-17(22(28)16-10-6-8-12-20(16)27)13-26(14-19(21)25,23(29)31-3)24(30)32-4/h5-12,19H,13-14H2,1-4H3. The lowest BCUT2D eigenvalue weighted by Crippen LogP contribution is -2.48. The number of esters is 2. The number of halogens is 1. The normalized spacial score (nSPS) is 20.2. The predicted molar refractivity (Wildman–Crippen MR) is 121 cm³/mol. The van der Waals surface area contributed by atoms with Crippen LogP contribution < -0.4 is 0 Å². The van der Waals surface area contributed by atoms with E-state index >= 15 is 0 Å². The summed E-state index contributed by atoms with van der Waals surface area (Å²) in [4.78, 5) is 39.9. The van der Waals surface area contributed by atoms with Gasteiger partial charge in [-0.3, -0.25) is 14.4 Å². The predicted octanol–water partition coefficient (Wildman–Crippen LogP) is 5.01. The van der Waals surface area contributed by atoms with Gasteiger partial charge in [0.05, 0.1) is 19.2 Å². The van der Waals surface area contributed by atoms with Gasteiger partial charge in [0.15, 0.2) is 11.2 Å². The summed E-state index contributed by atoms with van der Waals surface area (Å²) < 4.78 is 10.1. The van der Waals surface area contributed by atoms with Crippen LogP contribution in [0, 0.1) is 11.3 Å². The molecule has 5 nitrogen and oxygen atoms in total. The van der Waals surface area contributed by atoms with Crippen molar-refractivity contribution >= 4 is 34.9 Å². The Morgan fingerprint density at radius 2 is 1.53 bits per heavy atom. The minimum absolute atomic E-state index is 0.105. The van der Waals surface area contributed by atoms with Crippen molar-refractivity contribution in [3.05, 3.63) is 75.8 Å². The minimum atomic E-state index is -1.61. The Bertz CT molecular complexity index is 1140. The first-order chi connectivity index (χ1) is 15.2. The molecule has 0 radical (unpaired) electrons. The quantitative estimate of drug-likeness (QED) is 0.370. The van der Waals surface area contributed by atoms with Crippen LogP contribution in [0.5, 0.6) is 0 Å². The average molecular weight is 453 g/mol. The summed E-state index contributed by atoms with van der Waals surface area (Å²) in [7, 11) is 2.49. The van der Waals surface area contributed by atoms with Gasteiger partial charge in [-0.1, -0.05) is 61.8 Å². The number of fused-ring (bicyclic) bond motifs is 3. The monoisotopic (exact) mass is 452 g/mol. The van der Waals surface area contributed by atoms with Crippen molar-refractivity contribution < 1.29 is 23.9 Å². The van der Waals surface area contributed by atoms with E-state index in [0.29, 0.717) is 16.2 Å². The number of carbonyl (C=O) groups excluding carboxylic acids is 3. The van der Waals surface area contributed by atoms with Gasteiger partial charge in [-0.05, 0) is 46.6 Å². The van der Waals surface area contributed by atoms with Gasteiger partial charge in [0.2, 0.25) is 0 Å². The van der Waals surface area contributed by atoms with Gasteiger partial charge in [-0.2, -0.15) is 0 Å². The van der Waals surface area contributed by atoms with Crippen LogP contribution in [-0.4, -0.2) is 31.9 Å². The molecule has 166 valence electrons. The zero-order valence-corrected chi connectivity index (χ0v) is 19.3. The van der Waals surface area contributed by atoms with E-state index in [1.807, 2.05) is 24.3 Å². The van der Waals surface area contributed by atoms with Gasteiger partial charge < -0.3 is 9.47 Å². The zero-order valence-electron chi connectivity index (χ0n) is 18.5. The van der Waals surface area contributed by atoms with Crippen molar-refractivity contribution in [2.24, 2.45) is 11.3 Å². The third-order valence-corrected chi connectivity index (χ3v) is 7.36. The van der Waals surface area contributed by atoms with Crippen LogP contribution in [0.1, 0.15) is 48.2 Å². The first-order valence-corrected chi connectivity index (χ1v) is 10.9. The second kappa shape index (κ2) is 7.89. The molecule has 0 fully saturated rings. The summed E-state index contributed by atoms with van der Waals surface area (Å²) in [6.07, 6.45) is 0.0926. The van der Waals surface area contributed by atoms with E-state index in [4.69, 9.17) is 21.1 Å². The first kappa shape index (κ1) is 22.3. The molecule has 0 aliphatic heterocycles. The van der Waals surface area contributed by atoms with Crippen molar-refractivity contribution in [1.82, 2.24) is 0 Å². The molecule has 0 heterocycles. The molecular weight excluding hydrogens is 428 g/mol. The van der Waals surface area contributed by atoms with Crippen molar-refractivity contribution in [2.75, 3.05) is 14.2 Å². The maximum atomic E-state index is 13.8. The lowest BCUT2D eigenvalue weighted by Gasteiger charge is -2.41. The van der Waals surface area contributed by atoms with Crippen molar-refractivity contribution in [3.8, 4) is 0 Å². The number of rotatable bonds is 4. The highest BCUT2D eigenvalue weighted by atomic mass is 35.5. The topological polar surface area (TPSA) is 69.7 Å². The van der Waals surface area contributed by atoms with Crippen LogP contribution in [-0.2, 0) is 24.5 Å². The number of ketones is 1. The summed E-state index contributed by atoms with van der Waals surface area (Å²) in [6.45, 7) is 4.15. The van der Waals surface area contributed by atoms with Gasteiger partial charge in [-0.25, -0.2) is 0 Å². The van der Waals surface area contributed by atoms with Crippen LogP contribution in [0.2, 0.25) is 5.02 Å². The number of benzene rings is 2. The molecule has 0 bridgehead atoms. The van der Waals surface area contributed by atoms with E-state index in [1.165, 1.54) is 14.2 Å². The van der Waals surface area contributed by atoms with Gasteiger partial charge >= 0.3 is 11.9 Å². The summed E-state index contributed by atoms with van der Waals surface area (Å²) in [5, 5.41) is 0.319. The van der Waals surface area contributed by atoms with Gasteiger partial charge in [0.25, 0.3) is 0 Å². The largest absolute Gasteiger partial charge is 0.468 e. The highest BCUT2D eigenvalue weighted by Gasteiger charge is 2.59. The average Bonchev–Trinajstić information content (AvgIpc) is 3.04. The van der Waals surface area contributed by atoms with Crippen LogP contribution in [0.3, 0.4) is 0 Å². The second-order valence-corrected chi connectivity index (χ2v) is 9.37. The Morgan fingerprint density at radius 3 is 2.16 bits per heavy atom. The molecule has 2 aromatic rings. The maximum absolute atomic E-state index is 13.8. The molecule has 0 saturated heterocycles. The summed E-state index contributed by atoms with van der Waals surface area (Å²) in [5.74, 6) is -1.94. The van der Waals surface area contributed by atoms with Crippen LogP contribution >= 0.6 is 11.6 Å². The molecule has 1 atom stereocenters. The SMILES string of the molecule is COC(=O)C1(C(=O)OC)CC(C(=O)c2ccccc2Cl)=C2c3ccccc3C(C)(C)C2C1. The highest BCUT2D eigenvalue weighted by molar-refractivity contribution is 6.35. The third kappa shape index (κ3) is 3.10. The lowest BCUT2D eigenvalue weighted by atomic mass is 9.61.